The number of nitrogens with zero attached hydrogens (tertiary/aromatic N) is 5. The molecule has 0 fully saturated rings. The van der Waals surface area contributed by atoms with E-state index >= 15 is 0 Å². The summed E-state index contributed by atoms with van der Waals surface area (Å²) in [6.07, 6.45) is 1.88. The van der Waals surface area contributed by atoms with Gasteiger partial charge in [-0.3, -0.25) is 9.55 Å². The first kappa shape index (κ1) is 28.2. The highest BCUT2D eigenvalue weighted by molar-refractivity contribution is 6.11. The van der Waals surface area contributed by atoms with E-state index in [2.05, 4.69) is 137 Å². The third-order valence-electron chi connectivity index (χ3n) is 9.58. The Bertz CT molecular complexity index is 2800. The molecule has 0 bridgehead atoms. The molecule has 50 heavy (non-hydrogen) atoms. The Kier molecular flexibility index (Phi) is 6.42. The summed E-state index contributed by atoms with van der Waals surface area (Å²) < 4.78 is 4.57. The number of rotatable bonds is 5. The fraction of sp³-hybridized carbons (Fsp3) is 0. The van der Waals surface area contributed by atoms with Gasteiger partial charge in [0.15, 0.2) is 5.82 Å². The van der Waals surface area contributed by atoms with Crippen LogP contribution in [0.3, 0.4) is 0 Å². The van der Waals surface area contributed by atoms with E-state index in [1.807, 2.05) is 48.7 Å². The van der Waals surface area contributed by atoms with Crippen LogP contribution in [0.5, 0.6) is 0 Å². The summed E-state index contributed by atoms with van der Waals surface area (Å²) >= 11 is 0. The van der Waals surface area contributed by atoms with Gasteiger partial charge in [-0.1, -0.05) is 109 Å². The molecule has 0 saturated heterocycles. The predicted octanol–water partition coefficient (Wildman–Crippen LogP) is 11.1. The van der Waals surface area contributed by atoms with E-state index in [0.717, 1.165) is 72.4 Å². The molecule has 0 amide bonds. The Balaban J connectivity index is 1.17. The highest BCUT2D eigenvalue weighted by atomic mass is 15.1. The summed E-state index contributed by atoms with van der Waals surface area (Å²) in [6.45, 7) is 0. The van der Waals surface area contributed by atoms with Crippen LogP contribution in [0.1, 0.15) is 0 Å². The standard InChI is InChI=1S/C45H29N5/c1-4-13-30(14-5-1)38-29-43(48-45(47-38)31-15-6-2-7-16-31)50-39-20-11-10-19-35(39)36-27-32(22-24-40(36)50)33-23-25-41-37(28-33)44-42(21-12-26-46-44)49(41)34-17-8-3-9-18-34/h1-29H. The minimum absolute atomic E-state index is 0.695. The van der Waals surface area contributed by atoms with Gasteiger partial charge < -0.3 is 4.57 Å². The molecule has 0 atom stereocenters. The van der Waals surface area contributed by atoms with Gasteiger partial charge in [0, 0.05) is 45.2 Å². The van der Waals surface area contributed by atoms with Crippen molar-refractivity contribution in [3.8, 4) is 45.3 Å². The van der Waals surface area contributed by atoms with Gasteiger partial charge in [0.2, 0.25) is 0 Å². The average molecular weight is 640 g/mol. The van der Waals surface area contributed by atoms with Crippen LogP contribution < -0.4 is 0 Å². The van der Waals surface area contributed by atoms with Gasteiger partial charge in [-0.25, -0.2) is 9.97 Å². The molecule has 0 aliphatic carbocycles. The number of para-hydroxylation sites is 2. The van der Waals surface area contributed by atoms with Crippen LogP contribution >= 0.6 is 0 Å². The van der Waals surface area contributed by atoms with E-state index in [0.29, 0.717) is 5.82 Å². The fourth-order valence-corrected chi connectivity index (χ4v) is 7.29. The number of aromatic nitrogens is 5. The van der Waals surface area contributed by atoms with E-state index in [4.69, 9.17) is 15.0 Å². The van der Waals surface area contributed by atoms with Crippen LogP contribution in [0.2, 0.25) is 0 Å². The first-order valence-electron chi connectivity index (χ1n) is 16.8. The van der Waals surface area contributed by atoms with Gasteiger partial charge in [0.05, 0.1) is 33.3 Å². The second-order valence-electron chi connectivity index (χ2n) is 12.5. The van der Waals surface area contributed by atoms with Crippen molar-refractivity contribution in [2.75, 3.05) is 0 Å². The van der Waals surface area contributed by atoms with Crippen molar-refractivity contribution in [1.82, 2.24) is 24.1 Å². The van der Waals surface area contributed by atoms with Crippen molar-refractivity contribution in [3.05, 3.63) is 176 Å². The smallest absolute Gasteiger partial charge is 0.162 e. The normalized spacial score (nSPS) is 11.6. The summed E-state index contributed by atoms with van der Waals surface area (Å²) in [5, 5.41) is 3.48. The Morgan fingerprint density at radius 3 is 1.74 bits per heavy atom. The summed E-state index contributed by atoms with van der Waals surface area (Å²) in [6, 6.07) is 59.4. The lowest BCUT2D eigenvalue weighted by Crippen LogP contribution is -2.02. The van der Waals surface area contributed by atoms with Crippen LogP contribution in [0.4, 0.5) is 0 Å². The lowest BCUT2D eigenvalue weighted by atomic mass is 10.0. The van der Waals surface area contributed by atoms with Crippen LogP contribution in [-0.2, 0) is 0 Å². The molecule has 4 aromatic heterocycles. The fourth-order valence-electron chi connectivity index (χ4n) is 7.29. The summed E-state index contributed by atoms with van der Waals surface area (Å²) in [5.74, 6) is 1.53. The molecule has 0 spiro atoms. The van der Waals surface area contributed by atoms with Crippen molar-refractivity contribution in [2.45, 2.75) is 0 Å². The Labute approximate surface area is 288 Å². The molecule has 0 saturated carbocycles. The molecule has 0 aliphatic rings. The quantitative estimate of drug-likeness (QED) is 0.188. The first-order chi connectivity index (χ1) is 24.8. The van der Waals surface area contributed by atoms with E-state index in [-0.39, 0.29) is 0 Å². The molecule has 0 N–H and O–H groups in total. The number of hydrogen-bond acceptors (Lipinski definition) is 3. The van der Waals surface area contributed by atoms with E-state index in [1.165, 1.54) is 10.8 Å². The Morgan fingerprint density at radius 2 is 0.980 bits per heavy atom. The van der Waals surface area contributed by atoms with Gasteiger partial charge in [0.1, 0.15) is 5.82 Å². The van der Waals surface area contributed by atoms with Crippen molar-refractivity contribution >= 4 is 43.7 Å². The Morgan fingerprint density at radius 1 is 0.380 bits per heavy atom. The molecule has 10 aromatic rings. The minimum atomic E-state index is 0.695. The van der Waals surface area contributed by atoms with E-state index in [9.17, 15) is 0 Å². The molecule has 6 aromatic carbocycles. The summed E-state index contributed by atoms with van der Waals surface area (Å²) in [5.41, 5.74) is 11.8. The maximum Gasteiger partial charge on any atom is 0.162 e. The minimum Gasteiger partial charge on any atom is -0.308 e. The molecule has 10 rings (SSSR count). The maximum absolute atomic E-state index is 5.19. The lowest BCUT2D eigenvalue weighted by Gasteiger charge is -2.12. The van der Waals surface area contributed by atoms with Crippen molar-refractivity contribution in [2.24, 2.45) is 0 Å². The number of fused-ring (bicyclic) bond motifs is 6. The van der Waals surface area contributed by atoms with Crippen LogP contribution in [0.15, 0.2) is 176 Å². The maximum atomic E-state index is 5.19. The average Bonchev–Trinajstić information content (AvgIpc) is 3.71. The zero-order valence-corrected chi connectivity index (χ0v) is 27.0. The Hall–Kier alpha value is -6.85. The third kappa shape index (κ3) is 4.52. The van der Waals surface area contributed by atoms with Gasteiger partial charge in [-0.15, -0.1) is 0 Å². The molecule has 5 nitrogen and oxygen atoms in total. The molecule has 5 heteroatoms. The van der Waals surface area contributed by atoms with Gasteiger partial charge in [0.25, 0.3) is 0 Å². The van der Waals surface area contributed by atoms with E-state index in [1.54, 1.807) is 0 Å². The lowest BCUT2D eigenvalue weighted by molar-refractivity contribution is 1.05. The SMILES string of the molecule is c1ccc(-c2cc(-n3c4ccccc4c4cc(-c5ccc6c(c5)c5ncccc5n6-c5ccccc5)ccc43)nc(-c3ccccc3)n2)cc1. The number of benzene rings is 6. The topological polar surface area (TPSA) is 48.5 Å². The monoisotopic (exact) mass is 639 g/mol. The molecule has 234 valence electrons. The molecule has 0 unspecified atom stereocenters. The van der Waals surface area contributed by atoms with Gasteiger partial charge in [-0.05, 0) is 65.7 Å². The summed E-state index contributed by atoms with van der Waals surface area (Å²) in [7, 11) is 0. The molecular weight excluding hydrogens is 611 g/mol. The van der Waals surface area contributed by atoms with E-state index < -0.39 is 0 Å². The zero-order valence-electron chi connectivity index (χ0n) is 27.0. The highest BCUT2D eigenvalue weighted by Crippen LogP contribution is 2.38. The highest BCUT2D eigenvalue weighted by Gasteiger charge is 2.18. The van der Waals surface area contributed by atoms with Crippen molar-refractivity contribution in [1.29, 1.82) is 0 Å². The summed E-state index contributed by atoms with van der Waals surface area (Å²) in [4.78, 5) is 15.1. The van der Waals surface area contributed by atoms with Crippen LogP contribution in [0, 0.1) is 0 Å². The molecule has 4 heterocycles. The molecule has 0 aliphatic heterocycles. The zero-order chi connectivity index (χ0) is 33.0. The second-order valence-corrected chi connectivity index (χ2v) is 12.5. The van der Waals surface area contributed by atoms with Crippen molar-refractivity contribution in [3.63, 3.8) is 0 Å². The van der Waals surface area contributed by atoms with Crippen molar-refractivity contribution < 1.29 is 0 Å². The largest absolute Gasteiger partial charge is 0.308 e. The first-order valence-corrected chi connectivity index (χ1v) is 16.8. The van der Waals surface area contributed by atoms with Crippen LogP contribution in [0.25, 0.3) is 89.0 Å². The van der Waals surface area contributed by atoms with Gasteiger partial charge >= 0.3 is 0 Å². The predicted molar refractivity (Wildman–Crippen MR) is 205 cm³/mol. The molecule has 0 radical (unpaired) electrons. The molecular formula is C45H29N5. The number of pyridine rings is 1. The second kappa shape index (κ2) is 11.4. The number of hydrogen-bond donors (Lipinski definition) is 0. The van der Waals surface area contributed by atoms with Crippen LogP contribution in [-0.4, -0.2) is 24.1 Å². The third-order valence-corrected chi connectivity index (χ3v) is 9.58. The van der Waals surface area contributed by atoms with Gasteiger partial charge in [-0.2, -0.15) is 0 Å².